The van der Waals surface area contributed by atoms with E-state index in [0.717, 1.165) is 11.8 Å². The Morgan fingerprint density at radius 3 is 2.47 bits per heavy atom. The van der Waals surface area contributed by atoms with Gasteiger partial charge in [-0.05, 0) is 57.5 Å². The molecule has 1 nitrogen and oxygen atoms in total. The van der Waals surface area contributed by atoms with Crippen molar-refractivity contribution in [3.8, 4) is 0 Å². The number of hydrogen-bond donors (Lipinski definition) is 1. The first-order valence-corrected chi connectivity index (χ1v) is 8.05. The zero-order valence-electron chi connectivity index (χ0n) is 10.5. The van der Waals surface area contributed by atoms with E-state index in [9.17, 15) is 0 Å². The summed E-state index contributed by atoms with van der Waals surface area (Å²) in [5, 5.41) is 0. The maximum Gasteiger partial charge on any atom is 0.00717 e. The van der Waals surface area contributed by atoms with Crippen molar-refractivity contribution in [2.24, 2.45) is 0 Å². The Labute approximate surface area is 106 Å². The molecule has 0 heterocycles. The van der Waals surface area contributed by atoms with Crippen LogP contribution in [0.15, 0.2) is 0 Å². The third-order valence-electron chi connectivity index (χ3n) is 2.91. The minimum atomic E-state index is 0.738. The van der Waals surface area contributed by atoms with Crippen LogP contribution in [0.1, 0.15) is 39.0 Å². The maximum absolute atomic E-state index is 4.22. The average molecular weight is 249 g/mol. The molecule has 0 aliphatic heterocycles. The predicted octanol–water partition coefficient (Wildman–Crippen LogP) is 3.55. The van der Waals surface area contributed by atoms with Gasteiger partial charge >= 0.3 is 0 Å². The van der Waals surface area contributed by atoms with E-state index in [1.165, 1.54) is 44.4 Å². The van der Waals surface area contributed by atoms with Gasteiger partial charge in [0.1, 0.15) is 0 Å². The second-order valence-corrected chi connectivity index (χ2v) is 5.68. The molecule has 0 aromatic carbocycles. The molecule has 15 heavy (non-hydrogen) atoms. The molecule has 0 radical (unpaired) electrons. The molecule has 0 aliphatic rings. The smallest absolute Gasteiger partial charge is 0.00717 e. The van der Waals surface area contributed by atoms with Crippen LogP contribution in [0.2, 0.25) is 0 Å². The van der Waals surface area contributed by atoms with Crippen LogP contribution in [0, 0.1) is 0 Å². The second kappa shape index (κ2) is 11.2. The summed E-state index contributed by atoms with van der Waals surface area (Å²) in [6.45, 7) is 3.59. The van der Waals surface area contributed by atoms with Crippen LogP contribution < -0.4 is 0 Å². The van der Waals surface area contributed by atoms with Gasteiger partial charge < -0.3 is 4.90 Å². The standard InChI is InChI=1S/C12H27NS2/c1-12(8-11-15-3)13(2)9-6-4-5-7-10-14/h12,14H,4-11H2,1-3H3. The molecule has 0 saturated carbocycles. The van der Waals surface area contributed by atoms with E-state index < -0.39 is 0 Å². The highest BCUT2D eigenvalue weighted by molar-refractivity contribution is 7.98. The second-order valence-electron chi connectivity index (χ2n) is 4.25. The Balaban J connectivity index is 3.34. The summed E-state index contributed by atoms with van der Waals surface area (Å²) >= 11 is 6.17. The highest BCUT2D eigenvalue weighted by atomic mass is 32.2. The van der Waals surface area contributed by atoms with Gasteiger partial charge in [0.2, 0.25) is 0 Å². The molecule has 1 atom stereocenters. The normalized spacial score (nSPS) is 13.4. The van der Waals surface area contributed by atoms with E-state index in [1.807, 2.05) is 11.8 Å². The Morgan fingerprint density at radius 1 is 1.20 bits per heavy atom. The molecular weight excluding hydrogens is 222 g/mol. The zero-order chi connectivity index (χ0) is 11.5. The van der Waals surface area contributed by atoms with Crippen molar-refractivity contribution >= 4 is 24.4 Å². The fourth-order valence-electron chi connectivity index (χ4n) is 1.56. The van der Waals surface area contributed by atoms with Gasteiger partial charge in [0.15, 0.2) is 0 Å². The van der Waals surface area contributed by atoms with Gasteiger partial charge in [0, 0.05) is 6.04 Å². The molecule has 0 aliphatic carbocycles. The Kier molecular flexibility index (Phi) is 11.6. The van der Waals surface area contributed by atoms with Crippen molar-refractivity contribution in [1.82, 2.24) is 4.90 Å². The summed E-state index contributed by atoms with van der Waals surface area (Å²) in [6.07, 6.45) is 8.82. The molecule has 0 spiro atoms. The first kappa shape index (κ1) is 15.7. The van der Waals surface area contributed by atoms with Crippen molar-refractivity contribution in [1.29, 1.82) is 0 Å². The molecule has 0 aromatic rings. The number of rotatable bonds is 10. The van der Waals surface area contributed by atoms with Gasteiger partial charge in [-0.1, -0.05) is 12.8 Å². The molecule has 3 heteroatoms. The number of nitrogens with zero attached hydrogens (tertiary/aromatic N) is 1. The Hall–Kier alpha value is 0.660. The molecule has 92 valence electrons. The van der Waals surface area contributed by atoms with Crippen molar-refractivity contribution < 1.29 is 0 Å². The third-order valence-corrected chi connectivity index (χ3v) is 3.87. The minimum Gasteiger partial charge on any atom is -0.304 e. The molecule has 0 saturated heterocycles. The lowest BCUT2D eigenvalue weighted by molar-refractivity contribution is 0.247. The quantitative estimate of drug-likeness (QED) is 0.466. The molecule has 0 amide bonds. The first-order chi connectivity index (χ1) is 7.22. The van der Waals surface area contributed by atoms with E-state index in [-0.39, 0.29) is 0 Å². The van der Waals surface area contributed by atoms with E-state index in [4.69, 9.17) is 0 Å². The van der Waals surface area contributed by atoms with Gasteiger partial charge in [0.05, 0.1) is 0 Å². The van der Waals surface area contributed by atoms with Gasteiger partial charge in [-0.25, -0.2) is 0 Å². The lowest BCUT2D eigenvalue weighted by Crippen LogP contribution is -2.30. The third kappa shape index (κ3) is 9.58. The average Bonchev–Trinajstić information content (AvgIpc) is 2.25. The summed E-state index contributed by atoms with van der Waals surface area (Å²) in [7, 11) is 2.25. The largest absolute Gasteiger partial charge is 0.304 e. The summed E-state index contributed by atoms with van der Waals surface area (Å²) in [6, 6.07) is 0.738. The highest BCUT2D eigenvalue weighted by Crippen LogP contribution is 2.08. The number of thioether (sulfide) groups is 1. The Bertz CT molecular complexity index is 131. The van der Waals surface area contributed by atoms with Crippen molar-refractivity contribution in [3.05, 3.63) is 0 Å². The fraction of sp³-hybridized carbons (Fsp3) is 1.00. The van der Waals surface area contributed by atoms with Crippen LogP contribution in [-0.2, 0) is 0 Å². The van der Waals surface area contributed by atoms with Crippen LogP contribution in [0.5, 0.6) is 0 Å². The monoisotopic (exact) mass is 249 g/mol. The number of thiol groups is 1. The van der Waals surface area contributed by atoms with Gasteiger partial charge in [0.25, 0.3) is 0 Å². The van der Waals surface area contributed by atoms with E-state index >= 15 is 0 Å². The molecule has 0 bridgehead atoms. The molecule has 0 fully saturated rings. The number of unbranched alkanes of at least 4 members (excludes halogenated alkanes) is 3. The highest BCUT2D eigenvalue weighted by Gasteiger charge is 2.07. The van der Waals surface area contributed by atoms with Crippen LogP contribution in [0.4, 0.5) is 0 Å². The Morgan fingerprint density at radius 2 is 1.87 bits per heavy atom. The van der Waals surface area contributed by atoms with Crippen LogP contribution in [0.3, 0.4) is 0 Å². The predicted molar refractivity (Wildman–Crippen MR) is 77.4 cm³/mol. The molecule has 1 unspecified atom stereocenters. The van der Waals surface area contributed by atoms with Crippen LogP contribution >= 0.6 is 24.4 Å². The molecular formula is C12H27NS2. The van der Waals surface area contributed by atoms with Crippen molar-refractivity contribution in [3.63, 3.8) is 0 Å². The van der Waals surface area contributed by atoms with E-state index in [2.05, 4.69) is 37.8 Å². The first-order valence-electron chi connectivity index (χ1n) is 6.02. The van der Waals surface area contributed by atoms with Crippen molar-refractivity contribution in [2.75, 3.05) is 31.4 Å². The maximum atomic E-state index is 4.22. The van der Waals surface area contributed by atoms with Gasteiger partial charge in [-0.15, -0.1) is 0 Å². The summed E-state index contributed by atoms with van der Waals surface area (Å²) < 4.78 is 0. The fourth-order valence-corrected chi connectivity index (χ4v) is 2.36. The lowest BCUT2D eigenvalue weighted by Gasteiger charge is -2.24. The van der Waals surface area contributed by atoms with Crippen molar-refractivity contribution in [2.45, 2.75) is 45.1 Å². The van der Waals surface area contributed by atoms with Crippen LogP contribution in [-0.4, -0.2) is 42.3 Å². The number of hydrogen-bond acceptors (Lipinski definition) is 3. The summed E-state index contributed by atoms with van der Waals surface area (Å²) in [5.74, 6) is 2.32. The van der Waals surface area contributed by atoms with Gasteiger partial charge in [-0.3, -0.25) is 0 Å². The minimum absolute atomic E-state index is 0.738. The van der Waals surface area contributed by atoms with E-state index in [0.29, 0.717) is 0 Å². The summed E-state index contributed by atoms with van der Waals surface area (Å²) in [4.78, 5) is 2.50. The molecule has 0 N–H and O–H groups in total. The van der Waals surface area contributed by atoms with E-state index in [1.54, 1.807) is 0 Å². The summed E-state index contributed by atoms with van der Waals surface area (Å²) in [5.41, 5.74) is 0. The topological polar surface area (TPSA) is 3.24 Å². The van der Waals surface area contributed by atoms with Gasteiger partial charge in [-0.2, -0.15) is 24.4 Å². The molecule has 0 rings (SSSR count). The zero-order valence-corrected chi connectivity index (χ0v) is 12.2. The van der Waals surface area contributed by atoms with Crippen LogP contribution in [0.25, 0.3) is 0 Å². The SMILES string of the molecule is CSCCC(C)N(C)CCCCCCS. The molecule has 0 aromatic heterocycles. The lowest BCUT2D eigenvalue weighted by atomic mass is 10.1.